The summed E-state index contributed by atoms with van der Waals surface area (Å²) in [7, 11) is 0. The number of aromatic nitrogens is 2. The SMILES string of the molecule is Cc1c(C#N)c(-c2ccc(C#N)cc2)c(C)n1Cc1ccc(CNC(=O)c2ccccn2)cc1. The van der Waals surface area contributed by atoms with Gasteiger partial charge in [-0.2, -0.15) is 10.5 Å². The first-order valence-electron chi connectivity index (χ1n) is 10.9. The number of hydrogen-bond donors (Lipinski definition) is 1. The predicted octanol–water partition coefficient (Wildman–Crippen LogP) is 4.89. The summed E-state index contributed by atoms with van der Waals surface area (Å²) in [6, 6.07) is 25.1. The Hall–Kier alpha value is -4.68. The van der Waals surface area contributed by atoms with E-state index >= 15 is 0 Å². The van der Waals surface area contributed by atoms with Crippen molar-refractivity contribution in [3.8, 4) is 23.3 Å². The zero-order valence-electron chi connectivity index (χ0n) is 19.0. The van der Waals surface area contributed by atoms with Crippen LogP contribution in [0, 0.1) is 36.5 Å². The van der Waals surface area contributed by atoms with Gasteiger partial charge in [0.1, 0.15) is 11.8 Å². The molecule has 2 aromatic heterocycles. The van der Waals surface area contributed by atoms with Gasteiger partial charge in [-0.3, -0.25) is 9.78 Å². The summed E-state index contributed by atoms with van der Waals surface area (Å²) in [5, 5.41) is 21.8. The molecular weight excluding hydrogens is 422 g/mol. The quantitative estimate of drug-likeness (QED) is 0.457. The number of carbonyl (C=O) groups is 1. The van der Waals surface area contributed by atoms with Gasteiger partial charge in [0.25, 0.3) is 5.91 Å². The van der Waals surface area contributed by atoms with Crippen LogP contribution in [0.5, 0.6) is 0 Å². The van der Waals surface area contributed by atoms with Crippen molar-refractivity contribution in [2.45, 2.75) is 26.9 Å². The fraction of sp³-hybridized carbons (Fsp3) is 0.143. The van der Waals surface area contributed by atoms with Gasteiger partial charge in [-0.15, -0.1) is 0 Å². The average Bonchev–Trinajstić information content (AvgIpc) is 3.12. The molecule has 0 unspecified atom stereocenters. The molecule has 0 saturated carbocycles. The fourth-order valence-corrected chi connectivity index (χ4v) is 4.04. The Kier molecular flexibility index (Phi) is 6.52. The number of pyridine rings is 1. The molecule has 6 heteroatoms. The van der Waals surface area contributed by atoms with Crippen LogP contribution in [0.25, 0.3) is 11.1 Å². The van der Waals surface area contributed by atoms with E-state index in [2.05, 4.69) is 27.0 Å². The smallest absolute Gasteiger partial charge is 0.270 e. The molecule has 0 aliphatic rings. The third kappa shape index (κ3) is 4.57. The first-order valence-corrected chi connectivity index (χ1v) is 10.9. The second-order valence-corrected chi connectivity index (χ2v) is 8.02. The van der Waals surface area contributed by atoms with Gasteiger partial charge in [-0.1, -0.05) is 42.5 Å². The molecular formula is C28H23N5O. The zero-order valence-corrected chi connectivity index (χ0v) is 19.0. The van der Waals surface area contributed by atoms with Crippen molar-refractivity contribution in [3.63, 3.8) is 0 Å². The number of carbonyl (C=O) groups excluding carboxylic acids is 1. The molecule has 166 valence electrons. The van der Waals surface area contributed by atoms with Gasteiger partial charge in [-0.05, 0) is 54.8 Å². The van der Waals surface area contributed by atoms with Gasteiger partial charge < -0.3 is 9.88 Å². The summed E-state index contributed by atoms with van der Waals surface area (Å²) >= 11 is 0. The van der Waals surface area contributed by atoms with Crippen molar-refractivity contribution in [1.29, 1.82) is 10.5 Å². The minimum atomic E-state index is -0.206. The van der Waals surface area contributed by atoms with Gasteiger partial charge in [-0.25, -0.2) is 0 Å². The van der Waals surface area contributed by atoms with Crippen molar-refractivity contribution in [1.82, 2.24) is 14.9 Å². The van der Waals surface area contributed by atoms with E-state index in [4.69, 9.17) is 5.26 Å². The maximum atomic E-state index is 12.2. The minimum absolute atomic E-state index is 0.206. The molecule has 6 nitrogen and oxygen atoms in total. The summed E-state index contributed by atoms with van der Waals surface area (Å²) in [6.45, 7) is 5.02. The highest BCUT2D eigenvalue weighted by atomic mass is 16.1. The molecule has 4 rings (SSSR count). The van der Waals surface area contributed by atoms with Gasteiger partial charge in [0.05, 0.1) is 17.2 Å². The lowest BCUT2D eigenvalue weighted by atomic mass is 10.0. The van der Waals surface area contributed by atoms with Crippen molar-refractivity contribution >= 4 is 5.91 Å². The van der Waals surface area contributed by atoms with Gasteiger partial charge in [0.2, 0.25) is 0 Å². The highest BCUT2D eigenvalue weighted by Crippen LogP contribution is 2.32. The average molecular weight is 446 g/mol. The molecule has 0 atom stereocenters. The lowest BCUT2D eigenvalue weighted by Gasteiger charge is -2.11. The number of benzene rings is 2. The van der Waals surface area contributed by atoms with E-state index in [-0.39, 0.29) is 5.91 Å². The fourth-order valence-electron chi connectivity index (χ4n) is 4.04. The summed E-state index contributed by atoms with van der Waals surface area (Å²) < 4.78 is 2.14. The van der Waals surface area contributed by atoms with Crippen LogP contribution in [-0.2, 0) is 13.1 Å². The molecule has 0 saturated heterocycles. The first-order chi connectivity index (χ1) is 16.5. The van der Waals surface area contributed by atoms with Crippen LogP contribution in [0.3, 0.4) is 0 Å². The third-order valence-electron chi connectivity index (χ3n) is 5.91. The highest BCUT2D eigenvalue weighted by molar-refractivity contribution is 5.92. The van der Waals surface area contributed by atoms with Crippen molar-refractivity contribution in [2.75, 3.05) is 0 Å². The second kappa shape index (κ2) is 9.85. The zero-order chi connectivity index (χ0) is 24.1. The molecule has 1 N–H and O–H groups in total. The molecule has 0 spiro atoms. The van der Waals surface area contributed by atoms with E-state index in [1.807, 2.05) is 50.2 Å². The van der Waals surface area contributed by atoms with Crippen LogP contribution in [0.15, 0.2) is 72.9 Å². The Morgan fingerprint density at radius 3 is 2.24 bits per heavy atom. The maximum absolute atomic E-state index is 12.2. The number of nitrogens with zero attached hydrogens (tertiary/aromatic N) is 4. The normalized spacial score (nSPS) is 10.4. The molecule has 2 heterocycles. The van der Waals surface area contributed by atoms with E-state index in [0.29, 0.717) is 29.9 Å². The molecule has 0 bridgehead atoms. The summed E-state index contributed by atoms with van der Waals surface area (Å²) in [6.07, 6.45) is 1.60. The molecule has 4 aromatic rings. The summed E-state index contributed by atoms with van der Waals surface area (Å²) in [5.74, 6) is -0.206. The van der Waals surface area contributed by atoms with Crippen LogP contribution in [0.4, 0.5) is 0 Å². The number of rotatable bonds is 6. The topological polar surface area (TPSA) is 94.5 Å². The minimum Gasteiger partial charge on any atom is -0.347 e. The van der Waals surface area contributed by atoms with E-state index < -0.39 is 0 Å². The summed E-state index contributed by atoms with van der Waals surface area (Å²) in [4.78, 5) is 16.3. The monoisotopic (exact) mass is 445 g/mol. The Labute approximate surface area is 198 Å². The van der Waals surface area contributed by atoms with Crippen LogP contribution in [-0.4, -0.2) is 15.5 Å². The number of amides is 1. The van der Waals surface area contributed by atoms with Crippen molar-refractivity contribution in [2.24, 2.45) is 0 Å². The number of hydrogen-bond acceptors (Lipinski definition) is 4. The number of nitriles is 2. The third-order valence-corrected chi connectivity index (χ3v) is 5.91. The maximum Gasteiger partial charge on any atom is 0.270 e. The van der Waals surface area contributed by atoms with Crippen LogP contribution < -0.4 is 5.32 Å². The van der Waals surface area contributed by atoms with Gasteiger partial charge in [0.15, 0.2) is 0 Å². The molecule has 0 radical (unpaired) electrons. The lowest BCUT2D eigenvalue weighted by molar-refractivity contribution is 0.0946. The highest BCUT2D eigenvalue weighted by Gasteiger charge is 2.19. The van der Waals surface area contributed by atoms with Crippen molar-refractivity contribution in [3.05, 3.63) is 112 Å². The lowest BCUT2D eigenvalue weighted by Crippen LogP contribution is -2.23. The predicted molar refractivity (Wildman–Crippen MR) is 130 cm³/mol. The van der Waals surface area contributed by atoms with Crippen LogP contribution >= 0.6 is 0 Å². The van der Waals surface area contributed by atoms with Crippen molar-refractivity contribution < 1.29 is 4.79 Å². The van der Waals surface area contributed by atoms with Gasteiger partial charge in [0, 0.05) is 36.2 Å². The Bertz CT molecular complexity index is 1400. The first kappa shape index (κ1) is 22.5. The van der Waals surface area contributed by atoms with Gasteiger partial charge >= 0.3 is 0 Å². The van der Waals surface area contributed by atoms with Crippen LogP contribution in [0.2, 0.25) is 0 Å². The van der Waals surface area contributed by atoms with E-state index in [0.717, 1.165) is 33.6 Å². The Balaban J connectivity index is 1.51. The molecule has 0 fully saturated rings. The molecule has 0 aliphatic carbocycles. The molecule has 2 aromatic carbocycles. The Morgan fingerprint density at radius 2 is 1.62 bits per heavy atom. The van der Waals surface area contributed by atoms with E-state index in [1.165, 1.54) is 0 Å². The second-order valence-electron chi connectivity index (χ2n) is 8.02. The largest absolute Gasteiger partial charge is 0.347 e. The molecule has 0 aliphatic heterocycles. The molecule has 34 heavy (non-hydrogen) atoms. The molecule has 1 amide bonds. The van der Waals surface area contributed by atoms with E-state index in [9.17, 15) is 10.1 Å². The van der Waals surface area contributed by atoms with E-state index in [1.54, 1.807) is 36.5 Å². The Morgan fingerprint density at radius 1 is 0.912 bits per heavy atom. The summed E-state index contributed by atoms with van der Waals surface area (Å²) in [5.41, 5.74) is 7.46. The van der Waals surface area contributed by atoms with Crippen LogP contribution in [0.1, 0.15) is 44.1 Å². The number of nitrogens with one attached hydrogen (secondary N) is 1. The standard InChI is InChI=1S/C28H23N5O/c1-19-25(16-30)27(24-12-10-21(15-29)11-13-24)20(2)33(19)18-23-8-6-22(7-9-23)17-32-28(34)26-5-3-4-14-31-26/h3-14H,17-18H2,1-2H3,(H,32,34).